The molecule has 0 unspecified atom stereocenters. The zero-order valence-electron chi connectivity index (χ0n) is 16.9. The van der Waals surface area contributed by atoms with Crippen LogP contribution in [-0.2, 0) is 13.1 Å². The van der Waals surface area contributed by atoms with Gasteiger partial charge in [-0.25, -0.2) is 4.39 Å². The van der Waals surface area contributed by atoms with Crippen LogP contribution in [0.15, 0.2) is 36.4 Å². The minimum atomic E-state index is -0.276. The highest BCUT2D eigenvalue weighted by Crippen LogP contribution is 2.26. The summed E-state index contributed by atoms with van der Waals surface area (Å²) in [5.74, 6) is 1.24. The van der Waals surface area contributed by atoms with Crippen LogP contribution in [0.25, 0.3) is 0 Å². The molecule has 1 aliphatic heterocycles. The minimum Gasteiger partial charge on any atom is -0.497 e. The molecule has 5 nitrogen and oxygen atoms in total. The van der Waals surface area contributed by atoms with Crippen molar-refractivity contribution in [2.45, 2.75) is 25.6 Å². The SMILES string of the molecule is COc1cc(CN2CCN(Cc3c(F)cccc3Cl)C[C@@H]2CCO)cc(OC)c1. The molecular formula is C22H28ClFN2O3. The van der Waals surface area contributed by atoms with E-state index in [9.17, 15) is 9.50 Å². The fraction of sp³-hybridized carbons (Fsp3) is 0.455. The molecule has 7 heteroatoms. The minimum absolute atomic E-state index is 0.108. The number of hydrogen-bond acceptors (Lipinski definition) is 5. The molecule has 29 heavy (non-hydrogen) atoms. The van der Waals surface area contributed by atoms with E-state index >= 15 is 0 Å². The summed E-state index contributed by atoms with van der Waals surface area (Å²) in [6, 6.07) is 10.8. The number of aliphatic hydroxyl groups is 1. The quantitative estimate of drug-likeness (QED) is 0.704. The second-order valence-corrected chi connectivity index (χ2v) is 7.70. The Balaban J connectivity index is 1.71. The van der Waals surface area contributed by atoms with Crippen LogP contribution in [0.5, 0.6) is 11.5 Å². The highest BCUT2D eigenvalue weighted by molar-refractivity contribution is 6.31. The van der Waals surface area contributed by atoms with E-state index in [1.807, 2.05) is 18.2 Å². The Morgan fingerprint density at radius 2 is 1.83 bits per heavy atom. The maximum atomic E-state index is 14.2. The summed E-state index contributed by atoms with van der Waals surface area (Å²) < 4.78 is 24.9. The monoisotopic (exact) mass is 422 g/mol. The van der Waals surface area contributed by atoms with Gasteiger partial charge in [-0.05, 0) is 36.2 Å². The third kappa shape index (κ3) is 5.60. The lowest BCUT2D eigenvalue weighted by Crippen LogP contribution is -2.52. The predicted molar refractivity (Wildman–Crippen MR) is 112 cm³/mol. The molecule has 1 fully saturated rings. The zero-order valence-corrected chi connectivity index (χ0v) is 17.7. The van der Waals surface area contributed by atoms with Crippen LogP contribution >= 0.6 is 11.6 Å². The summed E-state index contributed by atoms with van der Waals surface area (Å²) in [6.07, 6.45) is 0.655. The van der Waals surface area contributed by atoms with Crippen molar-refractivity contribution >= 4 is 11.6 Å². The normalized spacial score (nSPS) is 18.0. The summed E-state index contributed by atoms with van der Waals surface area (Å²) in [5, 5.41) is 10.0. The van der Waals surface area contributed by atoms with Crippen molar-refractivity contribution in [3.8, 4) is 11.5 Å². The molecule has 158 valence electrons. The van der Waals surface area contributed by atoms with Crippen molar-refractivity contribution in [3.05, 3.63) is 58.4 Å². The van der Waals surface area contributed by atoms with Gasteiger partial charge in [0.05, 0.1) is 14.2 Å². The van der Waals surface area contributed by atoms with Gasteiger partial charge in [0.25, 0.3) is 0 Å². The first-order valence-electron chi connectivity index (χ1n) is 9.76. The first-order chi connectivity index (χ1) is 14.0. The van der Waals surface area contributed by atoms with Gasteiger partial charge in [0.1, 0.15) is 17.3 Å². The standard InChI is InChI=1S/C22H28ClFN2O3/c1-28-18-10-16(11-19(12-18)29-2)13-26-8-7-25(14-17(26)6-9-27)15-20-21(23)4-3-5-22(20)24/h3-5,10-12,17,27H,6-9,13-15H2,1-2H3/t17-/m0/s1. The lowest BCUT2D eigenvalue weighted by Gasteiger charge is -2.41. The highest BCUT2D eigenvalue weighted by atomic mass is 35.5. The van der Waals surface area contributed by atoms with E-state index in [-0.39, 0.29) is 18.5 Å². The van der Waals surface area contributed by atoms with E-state index in [1.165, 1.54) is 6.07 Å². The van der Waals surface area contributed by atoms with Gasteiger partial charge in [-0.3, -0.25) is 9.80 Å². The molecule has 1 atom stereocenters. The van der Waals surface area contributed by atoms with E-state index in [4.69, 9.17) is 21.1 Å². The lowest BCUT2D eigenvalue weighted by molar-refractivity contribution is 0.0494. The van der Waals surface area contributed by atoms with Crippen LogP contribution in [-0.4, -0.2) is 61.4 Å². The van der Waals surface area contributed by atoms with Crippen LogP contribution in [0, 0.1) is 5.82 Å². The number of rotatable bonds is 8. The van der Waals surface area contributed by atoms with Crippen molar-refractivity contribution in [3.63, 3.8) is 0 Å². The molecule has 1 N–H and O–H groups in total. The Bertz CT molecular complexity index is 778. The van der Waals surface area contributed by atoms with E-state index < -0.39 is 0 Å². The molecule has 0 spiro atoms. The zero-order chi connectivity index (χ0) is 20.8. The Morgan fingerprint density at radius 1 is 1.10 bits per heavy atom. The van der Waals surface area contributed by atoms with Crippen molar-refractivity contribution in [2.24, 2.45) is 0 Å². The number of piperazine rings is 1. The molecular weight excluding hydrogens is 395 g/mol. The van der Waals surface area contributed by atoms with Gasteiger partial charge < -0.3 is 14.6 Å². The van der Waals surface area contributed by atoms with Gasteiger partial charge in [-0.2, -0.15) is 0 Å². The number of aliphatic hydroxyl groups excluding tert-OH is 1. The molecule has 0 saturated carbocycles. The molecule has 2 aromatic carbocycles. The number of ether oxygens (including phenoxy) is 2. The van der Waals surface area contributed by atoms with Gasteiger partial charge in [0.2, 0.25) is 0 Å². The van der Waals surface area contributed by atoms with Crippen molar-refractivity contribution in [1.82, 2.24) is 9.80 Å². The molecule has 1 heterocycles. The fourth-order valence-corrected chi connectivity index (χ4v) is 4.05. The Hall–Kier alpha value is -1.86. The largest absolute Gasteiger partial charge is 0.497 e. The van der Waals surface area contributed by atoms with Crippen molar-refractivity contribution < 1.29 is 19.0 Å². The number of hydrogen-bond donors (Lipinski definition) is 1. The molecule has 3 rings (SSSR count). The second-order valence-electron chi connectivity index (χ2n) is 7.29. The van der Waals surface area contributed by atoms with E-state index in [0.717, 1.165) is 43.2 Å². The molecule has 0 aromatic heterocycles. The molecule has 0 amide bonds. The van der Waals surface area contributed by atoms with Crippen LogP contribution in [0.2, 0.25) is 5.02 Å². The smallest absolute Gasteiger partial charge is 0.129 e. The van der Waals surface area contributed by atoms with Gasteiger partial charge in [0.15, 0.2) is 0 Å². The number of benzene rings is 2. The number of nitrogens with zero attached hydrogens (tertiary/aromatic N) is 2. The third-order valence-electron chi connectivity index (χ3n) is 5.39. The molecule has 2 aromatic rings. The summed E-state index contributed by atoms with van der Waals surface area (Å²) in [7, 11) is 3.28. The maximum absolute atomic E-state index is 14.2. The van der Waals surface area contributed by atoms with Crippen molar-refractivity contribution in [1.29, 1.82) is 0 Å². The molecule has 0 bridgehead atoms. The number of halogens is 2. The van der Waals surface area contributed by atoms with Crippen LogP contribution in [0.1, 0.15) is 17.5 Å². The highest BCUT2D eigenvalue weighted by Gasteiger charge is 2.27. The van der Waals surface area contributed by atoms with Gasteiger partial charge in [-0.15, -0.1) is 0 Å². The Morgan fingerprint density at radius 3 is 2.45 bits per heavy atom. The third-order valence-corrected chi connectivity index (χ3v) is 5.75. The van der Waals surface area contributed by atoms with Crippen LogP contribution in [0.3, 0.4) is 0 Å². The Kier molecular flexibility index (Phi) is 7.72. The van der Waals surface area contributed by atoms with E-state index in [2.05, 4.69) is 9.80 Å². The molecule has 0 aliphatic carbocycles. The first kappa shape index (κ1) is 21.8. The summed E-state index contributed by atoms with van der Waals surface area (Å²) >= 11 is 6.20. The average Bonchev–Trinajstić information content (AvgIpc) is 2.72. The fourth-order valence-electron chi connectivity index (χ4n) is 3.83. The van der Waals surface area contributed by atoms with Gasteiger partial charge in [-0.1, -0.05) is 17.7 Å². The molecule has 1 saturated heterocycles. The second kappa shape index (κ2) is 10.3. The van der Waals surface area contributed by atoms with Gasteiger partial charge >= 0.3 is 0 Å². The van der Waals surface area contributed by atoms with Gasteiger partial charge in [0, 0.05) is 62.0 Å². The summed E-state index contributed by atoms with van der Waals surface area (Å²) in [5.41, 5.74) is 1.62. The van der Waals surface area contributed by atoms with Crippen LogP contribution in [0.4, 0.5) is 4.39 Å². The Labute approximate surface area is 176 Å². The summed E-state index contributed by atoms with van der Waals surface area (Å²) in [4.78, 5) is 4.55. The topological polar surface area (TPSA) is 45.2 Å². The predicted octanol–water partition coefficient (Wildman–Crippen LogP) is 3.57. The van der Waals surface area contributed by atoms with E-state index in [1.54, 1.807) is 26.4 Å². The van der Waals surface area contributed by atoms with E-state index in [0.29, 0.717) is 23.6 Å². The van der Waals surface area contributed by atoms with Crippen LogP contribution < -0.4 is 9.47 Å². The molecule has 0 radical (unpaired) electrons. The average molecular weight is 423 g/mol. The first-order valence-corrected chi connectivity index (χ1v) is 10.1. The number of methoxy groups -OCH3 is 2. The van der Waals surface area contributed by atoms with Crippen molar-refractivity contribution in [2.75, 3.05) is 40.5 Å². The lowest BCUT2D eigenvalue weighted by atomic mass is 10.1. The maximum Gasteiger partial charge on any atom is 0.129 e. The summed E-state index contributed by atoms with van der Waals surface area (Å²) in [6.45, 7) is 3.66. The molecule has 1 aliphatic rings.